The maximum Gasteiger partial charge on any atom is 0.433 e. The van der Waals surface area contributed by atoms with Crippen molar-refractivity contribution in [2.24, 2.45) is 5.92 Å². The molecule has 1 aromatic rings. The second-order valence-electron chi connectivity index (χ2n) is 7.03. The van der Waals surface area contributed by atoms with E-state index < -0.39 is 17.8 Å². The molecule has 1 unspecified atom stereocenters. The number of aryl methyl sites for hydroxylation is 2. The van der Waals surface area contributed by atoms with Gasteiger partial charge in [-0.15, -0.1) is 0 Å². The van der Waals surface area contributed by atoms with E-state index in [4.69, 9.17) is 0 Å². The molecule has 1 atom stereocenters. The van der Waals surface area contributed by atoms with Crippen molar-refractivity contribution < 1.29 is 18.0 Å². The maximum absolute atomic E-state index is 13.3. The monoisotopic (exact) mass is 327 g/mol. The molecule has 2 aliphatic rings. The molecule has 1 aliphatic heterocycles. The van der Waals surface area contributed by atoms with Crippen LogP contribution in [0.5, 0.6) is 0 Å². The second kappa shape index (κ2) is 5.18. The Morgan fingerprint density at radius 3 is 2.52 bits per heavy atom. The van der Waals surface area contributed by atoms with E-state index in [0.717, 1.165) is 6.42 Å². The lowest BCUT2D eigenvalue weighted by molar-refractivity contribution is -0.150. The number of nitrogens with zero attached hydrogens (tertiary/aromatic N) is 3. The average molecular weight is 327 g/mol. The zero-order valence-corrected chi connectivity index (χ0v) is 13.5. The Kier molecular flexibility index (Phi) is 3.65. The van der Waals surface area contributed by atoms with Gasteiger partial charge in [0.05, 0.1) is 0 Å². The number of hydrogen-bond acceptors (Lipinski definition) is 3. The quantitative estimate of drug-likeness (QED) is 0.797. The predicted octanol–water partition coefficient (Wildman–Crippen LogP) is 2.92. The third-order valence-corrected chi connectivity index (χ3v) is 4.95. The first-order valence-corrected chi connectivity index (χ1v) is 7.84. The maximum atomic E-state index is 13.3. The number of carbonyl (C=O) groups excluding carboxylic acids is 1. The van der Waals surface area contributed by atoms with Gasteiger partial charge in [0.2, 0.25) is 5.91 Å². The number of fused-ring (bicyclic) bond motifs is 1. The third-order valence-electron chi connectivity index (χ3n) is 4.95. The number of likely N-dealkylation sites (tertiary alicyclic amines) is 1. The van der Waals surface area contributed by atoms with E-state index in [1.165, 1.54) is 6.92 Å². The van der Waals surface area contributed by atoms with Gasteiger partial charge in [0, 0.05) is 29.3 Å². The summed E-state index contributed by atoms with van der Waals surface area (Å²) in [5, 5.41) is 0. The summed E-state index contributed by atoms with van der Waals surface area (Å²) >= 11 is 0. The highest BCUT2D eigenvalue weighted by Gasteiger charge is 2.44. The molecule has 0 bridgehead atoms. The van der Waals surface area contributed by atoms with Crippen LogP contribution in [0.2, 0.25) is 0 Å². The normalized spacial score (nSPS) is 23.2. The van der Waals surface area contributed by atoms with Crippen LogP contribution in [-0.2, 0) is 23.8 Å². The molecule has 126 valence electrons. The standard InChI is InChI=1S/C16H20F3N3O/c1-9-20-12-5-4-10(14(23)22-7-6-15(22,2)3)8-11(12)13(21-9)16(17,18)19/h10H,4-8H2,1-3H3. The molecule has 0 N–H and O–H groups in total. The Bertz CT molecular complexity index is 655. The van der Waals surface area contributed by atoms with Crippen molar-refractivity contribution in [2.45, 2.75) is 58.2 Å². The molecular weight excluding hydrogens is 307 g/mol. The molecule has 1 aromatic heterocycles. The molecule has 0 saturated carbocycles. The Morgan fingerprint density at radius 2 is 2.00 bits per heavy atom. The summed E-state index contributed by atoms with van der Waals surface area (Å²) in [6.45, 7) is 6.12. The molecule has 1 saturated heterocycles. The minimum atomic E-state index is -4.52. The molecular formula is C16H20F3N3O. The number of hydrogen-bond donors (Lipinski definition) is 0. The summed E-state index contributed by atoms with van der Waals surface area (Å²) in [6.07, 6.45) is -2.56. The molecule has 2 heterocycles. The van der Waals surface area contributed by atoms with Gasteiger partial charge in [0.1, 0.15) is 5.82 Å². The SMILES string of the molecule is Cc1nc2c(c(C(F)(F)F)n1)CC(C(=O)N1CCC1(C)C)CC2. The average Bonchev–Trinajstić information content (AvgIpc) is 2.43. The number of aromatic nitrogens is 2. The van der Waals surface area contributed by atoms with E-state index >= 15 is 0 Å². The van der Waals surface area contributed by atoms with Crippen LogP contribution in [0.15, 0.2) is 0 Å². The van der Waals surface area contributed by atoms with Crippen molar-refractivity contribution in [3.05, 3.63) is 22.8 Å². The predicted molar refractivity (Wildman–Crippen MR) is 77.7 cm³/mol. The zero-order chi connectivity index (χ0) is 17.0. The summed E-state index contributed by atoms with van der Waals surface area (Å²) in [5.74, 6) is -0.320. The van der Waals surface area contributed by atoms with E-state index in [-0.39, 0.29) is 29.3 Å². The van der Waals surface area contributed by atoms with Gasteiger partial charge in [-0.25, -0.2) is 9.97 Å². The Hall–Kier alpha value is -1.66. The van der Waals surface area contributed by atoms with E-state index in [1.807, 2.05) is 13.8 Å². The van der Waals surface area contributed by atoms with Gasteiger partial charge in [-0.2, -0.15) is 13.2 Å². The fourth-order valence-electron chi connectivity index (χ4n) is 3.48. The molecule has 1 fully saturated rings. The lowest BCUT2D eigenvalue weighted by Crippen LogP contribution is -2.60. The first-order valence-electron chi connectivity index (χ1n) is 7.84. The van der Waals surface area contributed by atoms with Gasteiger partial charge in [-0.3, -0.25) is 4.79 Å². The number of amides is 1. The number of rotatable bonds is 1. The van der Waals surface area contributed by atoms with Crippen molar-refractivity contribution in [3.63, 3.8) is 0 Å². The van der Waals surface area contributed by atoms with Crippen LogP contribution < -0.4 is 0 Å². The van der Waals surface area contributed by atoms with E-state index in [1.54, 1.807) is 4.90 Å². The van der Waals surface area contributed by atoms with Gasteiger partial charge in [-0.1, -0.05) is 0 Å². The molecule has 1 aliphatic carbocycles. The molecule has 7 heteroatoms. The second-order valence-corrected chi connectivity index (χ2v) is 7.03. The van der Waals surface area contributed by atoms with Crippen LogP contribution in [0.25, 0.3) is 0 Å². The van der Waals surface area contributed by atoms with Crippen molar-refractivity contribution in [1.29, 1.82) is 0 Å². The van der Waals surface area contributed by atoms with Gasteiger partial charge in [0.15, 0.2) is 5.69 Å². The summed E-state index contributed by atoms with van der Waals surface area (Å²) in [6, 6.07) is 0. The molecule has 4 nitrogen and oxygen atoms in total. The van der Waals surface area contributed by atoms with Crippen LogP contribution in [0.4, 0.5) is 13.2 Å². The van der Waals surface area contributed by atoms with Crippen molar-refractivity contribution in [3.8, 4) is 0 Å². The molecule has 23 heavy (non-hydrogen) atoms. The van der Waals surface area contributed by atoms with Crippen LogP contribution >= 0.6 is 0 Å². The molecule has 1 amide bonds. The van der Waals surface area contributed by atoms with Crippen LogP contribution in [0.3, 0.4) is 0 Å². The fraction of sp³-hybridized carbons (Fsp3) is 0.688. The van der Waals surface area contributed by atoms with Gasteiger partial charge in [0.25, 0.3) is 0 Å². The first-order chi connectivity index (χ1) is 10.6. The first kappa shape index (κ1) is 16.2. The molecule has 3 rings (SSSR count). The Balaban J connectivity index is 1.90. The van der Waals surface area contributed by atoms with Crippen molar-refractivity contribution in [1.82, 2.24) is 14.9 Å². The van der Waals surface area contributed by atoms with E-state index in [2.05, 4.69) is 9.97 Å². The van der Waals surface area contributed by atoms with E-state index in [0.29, 0.717) is 25.1 Å². The number of halogens is 3. The topological polar surface area (TPSA) is 46.1 Å². The van der Waals surface area contributed by atoms with Gasteiger partial charge >= 0.3 is 6.18 Å². The van der Waals surface area contributed by atoms with E-state index in [9.17, 15) is 18.0 Å². The smallest absolute Gasteiger partial charge is 0.337 e. The highest BCUT2D eigenvalue weighted by atomic mass is 19.4. The fourth-order valence-corrected chi connectivity index (χ4v) is 3.48. The zero-order valence-electron chi connectivity index (χ0n) is 13.5. The summed E-state index contributed by atoms with van der Waals surface area (Å²) in [7, 11) is 0. The largest absolute Gasteiger partial charge is 0.433 e. The lowest BCUT2D eigenvalue weighted by Gasteiger charge is -2.50. The number of carbonyl (C=O) groups is 1. The minimum Gasteiger partial charge on any atom is -0.337 e. The number of alkyl halides is 3. The van der Waals surface area contributed by atoms with Crippen LogP contribution in [0.1, 0.15) is 49.5 Å². The third kappa shape index (κ3) is 2.81. The van der Waals surface area contributed by atoms with Crippen LogP contribution in [0, 0.1) is 12.8 Å². The highest BCUT2D eigenvalue weighted by Crippen LogP contribution is 2.38. The summed E-state index contributed by atoms with van der Waals surface area (Å²) in [4.78, 5) is 22.2. The summed E-state index contributed by atoms with van der Waals surface area (Å²) < 4.78 is 39.8. The van der Waals surface area contributed by atoms with Crippen molar-refractivity contribution >= 4 is 5.91 Å². The van der Waals surface area contributed by atoms with Crippen LogP contribution in [-0.4, -0.2) is 32.9 Å². The lowest BCUT2D eigenvalue weighted by atomic mass is 9.81. The Morgan fingerprint density at radius 1 is 1.30 bits per heavy atom. The molecule has 0 aromatic carbocycles. The minimum absolute atomic E-state index is 0.0411. The van der Waals surface area contributed by atoms with Gasteiger partial charge < -0.3 is 4.90 Å². The highest BCUT2D eigenvalue weighted by molar-refractivity contribution is 5.81. The summed E-state index contributed by atoms with van der Waals surface area (Å²) in [5.41, 5.74) is -0.517. The van der Waals surface area contributed by atoms with Crippen molar-refractivity contribution in [2.75, 3.05) is 6.54 Å². The molecule has 0 radical (unpaired) electrons. The molecule has 0 spiro atoms. The van der Waals surface area contributed by atoms with Gasteiger partial charge in [-0.05, 0) is 46.5 Å². The Labute approximate surface area is 133 Å².